The fourth-order valence-corrected chi connectivity index (χ4v) is 5.02. The summed E-state index contributed by atoms with van der Waals surface area (Å²) in [5, 5.41) is 10.4. The molecule has 2 aromatic heterocycles. The molecule has 0 aliphatic carbocycles. The minimum atomic E-state index is -0.129. The van der Waals surface area contributed by atoms with Crippen LogP contribution >= 0.6 is 23.5 Å². The summed E-state index contributed by atoms with van der Waals surface area (Å²) in [4.78, 5) is 29.9. The summed E-state index contributed by atoms with van der Waals surface area (Å²) in [6.45, 7) is 1.36. The minimum absolute atomic E-state index is 0.0809. The molecule has 8 nitrogen and oxygen atoms in total. The van der Waals surface area contributed by atoms with E-state index >= 15 is 0 Å². The van der Waals surface area contributed by atoms with E-state index < -0.39 is 0 Å². The van der Waals surface area contributed by atoms with Crippen molar-refractivity contribution in [3.05, 3.63) is 35.8 Å². The van der Waals surface area contributed by atoms with Crippen LogP contribution in [0, 0.1) is 0 Å². The highest BCUT2D eigenvalue weighted by atomic mass is 32.2. The van der Waals surface area contributed by atoms with Crippen molar-refractivity contribution in [3.8, 4) is 0 Å². The molecule has 2 aliphatic rings. The van der Waals surface area contributed by atoms with Crippen LogP contribution in [0.15, 0.2) is 29.4 Å². The molecule has 1 atom stereocenters. The topological polar surface area (TPSA) is 98.1 Å². The second kappa shape index (κ2) is 9.64. The Labute approximate surface area is 177 Å². The van der Waals surface area contributed by atoms with Gasteiger partial charge in [0.15, 0.2) is 0 Å². The SMILES string of the molecule is O=C(Cn1nc2c(c1NC(=O)CSc1ccncc1)CSC2)NC[C@@H]1CCCO1. The van der Waals surface area contributed by atoms with Crippen LogP contribution < -0.4 is 10.6 Å². The van der Waals surface area contributed by atoms with Gasteiger partial charge in [-0.05, 0) is 25.0 Å². The Balaban J connectivity index is 1.36. The van der Waals surface area contributed by atoms with Gasteiger partial charge in [0.1, 0.15) is 12.4 Å². The average Bonchev–Trinajstić information content (AvgIpc) is 3.46. The molecule has 2 aliphatic heterocycles. The van der Waals surface area contributed by atoms with Gasteiger partial charge in [-0.2, -0.15) is 16.9 Å². The number of thioether (sulfide) groups is 2. The molecule has 1 fully saturated rings. The minimum Gasteiger partial charge on any atom is -0.376 e. The van der Waals surface area contributed by atoms with E-state index in [0.717, 1.165) is 47.1 Å². The van der Waals surface area contributed by atoms with Gasteiger partial charge >= 0.3 is 0 Å². The third-order valence-electron chi connectivity index (χ3n) is 4.74. The van der Waals surface area contributed by atoms with Crippen LogP contribution in [0.5, 0.6) is 0 Å². The number of fused-ring (bicyclic) bond motifs is 1. The van der Waals surface area contributed by atoms with E-state index in [2.05, 4.69) is 20.7 Å². The van der Waals surface area contributed by atoms with Crippen LogP contribution in [-0.2, 0) is 32.4 Å². The van der Waals surface area contributed by atoms with Crippen molar-refractivity contribution in [3.63, 3.8) is 0 Å². The lowest BCUT2D eigenvalue weighted by Crippen LogP contribution is -2.34. The quantitative estimate of drug-likeness (QED) is 0.615. The summed E-state index contributed by atoms with van der Waals surface area (Å²) in [5.74, 6) is 2.26. The zero-order valence-corrected chi connectivity index (χ0v) is 17.6. The van der Waals surface area contributed by atoms with E-state index in [9.17, 15) is 9.59 Å². The molecule has 1 saturated heterocycles. The monoisotopic (exact) mass is 433 g/mol. The zero-order valence-electron chi connectivity index (χ0n) is 15.9. The number of nitrogens with zero attached hydrogens (tertiary/aromatic N) is 3. The summed E-state index contributed by atoms with van der Waals surface area (Å²) in [5.41, 5.74) is 1.96. The number of carbonyl (C=O) groups excluding carboxylic acids is 2. The summed E-state index contributed by atoms with van der Waals surface area (Å²) >= 11 is 3.20. The Morgan fingerprint density at radius 3 is 2.93 bits per heavy atom. The van der Waals surface area contributed by atoms with Crippen molar-refractivity contribution < 1.29 is 14.3 Å². The first-order valence-electron chi connectivity index (χ1n) is 9.56. The Kier molecular flexibility index (Phi) is 6.73. The van der Waals surface area contributed by atoms with Crippen LogP contribution in [0.2, 0.25) is 0 Å². The van der Waals surface area contributed by atoms with Gasteiger partial charge in [0.2, 0.25) is 11.8 Å². The predicted molar refractivity (Wildman–Crippen MR) is 113 cm³/mol. The van der Waals surface area contributed by atoms with E-state index in [-0.39, 0.29) is 30.2 Å². The average molecular weight is 434 g/mol. The predicted octanol–water partition coefficient (Wildman–Crippen LogP) is 2.05. The highest BCUT2D eigenvalue weighted by molar-refractivity contribution is 8.00. The van der Waals surface area contributed by atoms with Gasteiger partial charge in [-0.15, -0.1) is 11.8 Å². The van der Waals surface area contributed by atoms with Crippen LogP contribution in [0.4, 0.5) is 5.82 Å². The molecule has 29 heavy (non-hydrogen) atoms. The van der Waals surface area contributed by atoms with Gasteiger partial charge in [-0.3, -0.25) is 14.6 Å². The molecule has 10 heteroatoms. The molecule has 0 radical (unpaired) electrons. The number of hydrogen-bond acceptors (Lipinski definition) is 7. The van der Waals surface area contributed by atoms with Crippen molar-refractivity contribution in [2.75, 3.05) is 24.2 Å². The van der Waals surface area contributed by atoms with Crippen molar-refractivity contribution in [1.82, 2.24) is 20.1 Å². The molecule has 2 N–H and O–H groups in total. The van der Waals surface area contributed by atoms with Crippen molar-refractivity contribution in [1.29, 1.82) is 0 Å². The zero-order chi connectivity index (χ0) is 20.1. The van der Waals surface area contributed by atoms with E-state index in [4.69, 9.17) is 4.74 Å². The van der Waals surface area contributed by atoms with Gasteiger partial charge in [0, 0.05) is 47.5 Å². The molecule has 0 spiro atoms. The first kappa shape index (κ1) is 20.2. The third kappa shape index (κ3) is 5.31. The van der Waals surface area contributed by atoms with Gasteiger partial charge in [0.05, 0.1) is 17.6 Å². The van der Waals surface area contributed by atoms with Crippen molar-refractivity contribution in [2.24, 2.45) is 0 Å². The first-order valence-corrected chi connectivity index (χ1v) is 11.7. The van der Waals surface area contributed by atoms with Crippen LogP contribution in [0.25, 0.3) is 0 Å². The summed E-state index contributed by atoms with van der Waals surface area (Å²) in [6, 6.07) is 3.74. The fourth-order valence-electron chi connectivity index (χ4n) is 3.30. The number of nitrogens with one attached hydrogen (secondary N) is 2. The number of carbonyl (C=O) groups is 2. The highest BCUT2D eigenvalue weighted by Gasteiger charge is 2.25. The largest absolute Gasteiger partial charge is 0.376 e. The standard InChI is InChI=1S/C19H23N5O3S2/c25-17(21-8-13-2-1-7-27-13)9-24-19(15-10-28-11-16(15)23-24)22-18(26)12-29-14-3-5-20-6-4-14/h3-6,13H,1-2,7-12H2,(H,21,25)(H,22,26)/t13-/m0/s1. The van der Waals surface area contributed by atoms with Crippen molar-refractivity contribution >= 4 is 41.2 Å². The van der Waals surface area contributed by atoms with Crippen molar-refractivity contribution in [2.45, 2.75) is 41.9 Å². The molecule has 154 valence electrons. The lowest BCUT2D eigenvalue weighted by Gasteiger charge is -2.13. The first-order chi connectivity index (χ1) is 14.2. The third-order valence-corrected chi connectivity index (χ3v) is 6.72. The molecular formula is C19H23N5O3S2. The molecular weight excluding hydrogens is 410 g/mol. The highest BCUT2D eigenvalue weighted by Crippen LogP contribution is 2.34. The van der Waals surface area contributed by atoms with E-state index in [1.807, 2.05) is 12.1 Å². The summed E-state index contributed by atoms with van der Waals surface area (Å²) in [7, 11) is 0. The van der Waals surface area contributed by atoms with E-state index in [1.165, 1.54) is 11.8 Å². The molecule has 0 aromatic carbocycles. The molecule has 0 saturated carbocycles. The Morgan fingerprint density at radius 2 is 2.14 bits per heavy atom. The molecule has 4 heterocycles. The number of rotatable bonds is 8. The number of hydrogen-bond donors (Lipinski definition) is 2. The Bertz CT molecular complexity index is 868. The smallest absolute Gasteiger partial charge is 0.241 e. The number of amides is 2. The van der Waals surface area contributed by atoms with Crippen LogP contribution in [0.1, 0.15) is 24.1 Å². The van der Waals surface area contributed by atoms with Crippen LogP contribution in [0.3, 0.4) is 0 Å². The number of pyridine rings is 1. The lowest BCUT2D eigenvalue weighted by molar-refractivity contribution is -0.122. The number of anilines is 1. The number of ether oxygens (including phenoxy) is 1. The second-order valence-corrected chi connectivity index (χ2v) is 8.92. The van der Waals surface area contributed by atoms with Gasteiger partial charge in [-0.25, -0.2) is 4.68 Å². The molecule has 2 aromatic rings. The maximum Gasteiger partial charge on any atom is 0.241 e. The van der Waals surface area contributed by atoms with Crippen LogP contribution in [-0.4, -0.2) is 51.6 Å². The van der Waals surface area contributed by atoms with E-state index in [0.29, 0.717) is 12.4 Å². The maximum atomic E-state index is 12.5. The fraction of sp³-hybridized carbons (Fsp3) is 0.474. The number of aromatic nitrogens is 3. The van der Waals surface area contributed by atoms with Gasteiger partial charge in [-0.1, -0.05) is 0 Å². The maximum absolute atomic E-state index is 12.5. The normalized spacial score (nSPS) is 17.9. The van der Waals surface area contributed by atoms with Gasteiger partial charge < -0.3 is 15.4 Å². The van der Waals surface area contributed by atoms with E-state index in [1.54, 1.807) is 28.8 Å². The Hall–Kier alpha value is -2.04. The molecule has 0 unspecified atom stereocenters. The second-order valence-electron chi connectivity index (χ2n) is 6.88. The Morgan fingerprint density at radius 1 is 1.28 bits per heavy atom. The molecule has 2 amide bonds. The summed E-state index contributed by atoms with van der Waals surface area (Å²) in [6.07, 6.45) is 5.52. The molecule has 0 bridgehead atoms. The molecule has 4 rings (SSSR count). The lowest BCUT2D eigenvalue weighted by atomic mass is 10.2. The summed E-state index contributed by atoms with van der Waals surface area (Å²) < 4.78 is 7.16. The van der Waals surface area contributed by atoms with Gasteiger partial charge in [0.25, 0.3) is 0 Å².